The van der Waals surface area contributed by atoms with Gasteiger partial charge in [0, 0.05) is 59.1 Å². The Kier molecular flexibility index (Phi) is 9.57. The minimum absolute atomic E-state index is 0.0167. The number of nitrogens with zero attached hydrogens (tertiary/aromatic N) is 5. The van der Waals surface area contributed by atoms with Crippen molar-refractivity contribution in [3.8, 4) is 17.1 Å². The first kappa shape index (κ1) is 29.1. The molecule has 4 aromatic rings. The number of thioether (sulfide) groups is 1. The Balaban J connectivity index is 1.12. The summed E-state index contributed by atoms with van der Waals surface area (Å²) in [5, 5.41) is 9.90. The Morgan fingerprint density at radius 2 is 1.66 bits per heavy atom. The molecule has 1 saturated heterocycles. The van der Waals surface area contributed by atoms with Gasteiger partial charge in [0.1, 0.15) is 0 Å². The van der Waals surface area contributed by atoms with E-state index in [2.05, 4.69) is 74.0 Å². The zero-order valence-electron chi connectivity index (χ0n) is 23.4. The molecule has 0 bridgehead atoms. The lowest BCUT2D eigenvalue weighted by Crippen LogP contribution is -2.55. The molecule has 0 spiro atoms. The standard InChI is InChI=1S/C32H34BrN5O2S/c1-23-11-13-25(14-12-23)30-34-35-32(38(30)28-8-4-3-5-9-28)41-21-7-6-10-29(39)36-19-20-37(24(2)22-36)31(40)26-15-17-27(33)18-16-26/h3-5,8-9,11-18,24H,6-7,10,19-22H2,1-2H3. The Morgan fingerprint density at radius 3 is 2.37 bits per heavy atom. The van der Waals surface area contributed by atoms with E-state index in [4.69, 9.17) is 0 Å². The van der Waals surface area contributed by atoms with E-state index in [1.807, 2.05) is 59.2 Å². The van der Waals surface area contributed by atoms with Crippen LogP contribution in [-0.2, 0) is 4.79 Å². The number of halogens is 1. The highest BCUT2D eigenvalue weighted by molar-refractivity contribution is 9.10. The van der Waals surface area contributed by atoms with Gasteiger partial charge in [0.2, 0.25) is 5.91 Å². The monoisotopic (exact) mass is 631 g/mol. The van der Waals surface area contributed by atoms with Gasteiger partial charge in [-0.15, -0.1) is 10.2 Å². The minimum Gasteiger partial charge on any atom is -0.339 e. The summed E-state index contributed by atoms with van der Waals surface area (Å²) >= 11 is 5.08. The molecule has 0 aliphatic carbocycles. The summed E-state index contributed by atoms with van der Waals surface area (Å²) in [6, 6.07) is 25.9. The summed E-state index contributed by atoms with van der Waals surface area (Å²) in [4.78, 5) is 29.7. The maximum absolute atomic E-state index is 13.0. The molecule has 0 radical (unpaired) electrons. The van der Waals surface area contributed by atoms with Crippen molar-refractivity contribution in [2.45, 2.75) is 44.3 Å². The number of hydrogen-bond donors (Lipinski definition) is 0. The molecule has 1 fully saturated rings. The van der Waals surface area contributed by atoms with Crippen LogP contribution in [0.2, 0.25) is 0 Å². The summed E-state index contributed by atoms with van der Waals surface area (Å²) in [5.74, 6) is 1.84. The predicted molar refractivity (Wildman–Crippen MR) is 167 cm³/mol. The Hall–Kier alpha value is -3.43. The third-order valence-electron chi connectivity index (χ3n) is 7.31. The fraction of sp³-hybridized carbons (Fsp3) is 0.312. The number of carbonyl (C=O) groups excluding carboxylic acids is 2. The number of piperazine rings is 1. The lowest BCUT2D eigenvalue weighted by atomic mass is 10.1. The summed E-state index contributed by atoms with van der Waals surface area (Å²) < 4.78 is 3.05. The normalized spacial score (nSPS) is 15.2. The topological polar surface area (TPSA) is 71.3 Å². The van der Waals surface area contributed by atoms with Crippen LogP contribution in [0.15, 0.2) is 88.5 Å². The minimum atomic E-state index is -0.0218. The van der Waals surface area contributed by atoms with E-state index in [0.717, 1.165) is 45.3 Å². The van der Waals surface area contributed by atoms with Gasteiger partial charge in [0.25, 0.3) is 5.91 Å². The van der Waals surface area contributed by atoms with Crippen LogP contribution in [0.3, 0.4) is 0 Å². The fourth-order valence-electron chi connectivity index (χ4n) is 5.01. The average Bonchev–Trinajstić information content (AvgIpc) is 3.41. The molecule has 2 amide bonds. The van der Waals surface area contributed by atoms with E-state index in [-0.39, 0.29) is 17.9 Å². The van der Waals surface area contributed by atoms with Gasteiger partial charge in [-0.05, 0) is 63.1 Å². The third-order valence-corrected chi connectivity index (χ3v) is 8.85. The van der Waals surface area contributed by atoms with Gasteiger partial charge >= 0.3 is 0 Å². The molecule has 2 heterocycles. The van der Waals surface area contributed by atoms with Crippen molar-refractivity contribution in [1.29, 1.82) is 0 Å². The second-order valence-corrected chi connectivity index (χ2v) is 12.3. The van der Waals surface area contributed by atoms with Crippen LogP contribution >= 0.6 is 27.7 Å². The first-order valence-corrected chi connectivity index (χ1v) is 15.7. The van der Waals surface area contributed by atoms with Crippen molar-refractivity contribution >= 4 is 39.5 Å². The highest BCUT2D eigenvalue weighted by Gasteiger charge is 2.30. The quantitative estimate of drug-likeness (QED) is 0.153. The second kappa shape index (κ2) is 13.5. The molecule has 9 heteroatoms. The smallest absolute Gasteiger partial charge is 0.254 e. The fourth-order valence-corrected chi connectivity index (χ4v) is 6.22. The summed E-state index contributed by atoms with van der Waals surface area (Å²) in [5.41, 5.74) is 3.93. The Labute approximate surface area is 254 Å². The van der Waals surface area contributed by atoms with Gasteiger partial charge in [-0.1, -0.05) is 75.7 Å². The van der Waals surface area contributed by atoms with E-state index in [1.54, 1.807) is 11.8 Å². The van der Waals surface area contributed by atoms with Crippen molar-refractivity contribution in [2.75, 3.05) is 25.4 Å². The van der Waals surface area contributed by atoms with Crippen LogP contribution in [0.1, 0.15) is 42.1 Å². The molecule has 7 nitrogen and oxygen atoms in total. The van der Waals surface area contributed by atoms with Crippen molar-refractivity contribution in [3.63, 3.8) is 0 Å². The molecule has 1 aliphatic heterocycles. The molecule has 0 N–H and O–H groups in total. The van der Waals surface area contributed by atoms with Crippen molar-refractivity contribution in [2.24, 2.45) is 0 Å². The predicted octanol–water partition coefficient (Wildman–Crippen LogP) is 6.64. The molecule has 3 aromatic carbocycles. The van der Waals surface area contributed by atoms with Crippen molar-refractivity contribution < 1.29 is 9.59 Å². The summed E-state index contributed by atoms with van der Waals surface area (Å²) in [6.45, 7) is 5.78. The van der Waals surface area contributed by atoms with Crippen molar-refractivity contribution in [3.05, 3.63) is 94.5 Å². The number of aromatic nitrogens is 3. The van der Waals surface area contributed by atoms with E-state index in [1.165, 1.54) is 5.56 Å². The Morgan fingerprint density at radius 1 is 0.927 bits per heavy atom. The first-order valence-electron chi connectivity index (χ1n) is 14.0. The molecule has 1 atom stereocenters. The van der Waals surface area contributed by atoms with Gasteiger partial charge in [-0.2, -0.15) is 0 Å². The summed E-state index contributed by atoms with van der Waals surface area (Å²) in [6.07, 6.45) is 2.21. The number of amides is 2. The zero-order valence-corrected chi connectivity index (χ0v) is 25.8. The van der Waals surface area contributed by atoms with Gasteiger partial charge in [0.05, 0.1) is 0 Å². The molecule has 0 saturated carbocycles. The molecule has 41 heavy (non-hydrogen) atoms. The van der Waals surface area contributed by atoms with Gasteiger partial charge < -0.3 is 9.80 Å². The maximum Gasteiger partial charge on any atom is 0.254 e. The van der Waals surface area contributed by atoms with Crippen LogP contribution in [-0.4, -0.2) is 67.8 Å². The largest absolute Gasteiger partial charge is 0.339 e. The molecular weight excluding hydrogens is 598 g/mol. The zero-order chi connectivity index (χ0) is 28.8. The molecule has 212 valence electrons. The number of unbranched alkanes of at least 4 members (excludes halogenated alkanes) is 1. The van der Waals surface area contributed by atoms with Crippen LogP contribution in [0.5, 0.6) is 0 Å². The highest BCUT2D eigenvalue weighted by atomic mass is 79.9. The average molecular weight is 633 g/mol. The highest BCUT2D eigenvalue weighted by Crippen LogP contribution is 2.29. The van der Waals surface area contributed by atoms with Crippen LogP contribution in [0.25, 0.3) is 17.1 Å². The van der Waals surface area contributed by atoms with E-state index in [9.17, 15) is 9.59 Å². The van der Waals surface area contributed by atoms with Gasteiger partial charge in [-0.25, -0.2) is 0 Å². The maximum atomic E-state index is 13.0. The van der Waals surface area contributed by atoms with E-state index < -0.39 is 0 Å². The molecule has 1 unspecified atom stereocenters. The SMILES string of the molecule is Cc1ccc(-c2nnc(SCCCCC(=O)N3CCN(C(=O)c4ccc(Br)cc4)C(C)C3)n2-c2ccccc2)cc1. The lowest BCUT2D eigenvalue weighted by molar-refractivity contribution is -0.133. The molecular formula is C32H34BrN5O2S. The molecule has 1 aliphatic rings. The Bertz CT molecular complexity index is 1470. The summed E-state index contributed by atoms with van der Waals surface area (Å²) in [7, 11) is 0. The second-order valence-electron chi connectivity index (χ2n) is 10.3. The number of para-hydroxylation sites is 1. The van der Waals surface area contributed by atoms with Crippen LogP contribution in [0, 0.1) is 6.92 Å². The van der Waals surface area contributed by atoms with Gasteiger partial charge in [-0.3, -0.25) is 14.2 Å². The number of benzene rings is 3. The molecule has 1 aromatic heterocycles. The number of hydrogen-bond acceptors (Lipinski definition) is 5. The first-order chi connectivity index (χ1) is 19.9. The number of carbonyl (C=O) groups is 2. The lowest BCUT2D eigenvalue weighted by Gasteiger charge is -2.40. The number of aryl methyl sites for hydroxylation is 1. The van der Waals surface area contributed by atoms with Crippen molar-refractivity contribution in [1.82, 2.24) is 24.6 Å². The van der Waals surface area contributed by atoms with Crippen LogP contribution < -0.4 is 0 Å². The number of rotatable bonds is 9. The third kappa shape index (κ3) is 7.08. The van der Waals surface area contributed by atoms with Gasteiger partial charge in [0.15, 0.2) is 11.0 Å². The van der Waals surface area contributed by atoms with E-state index in [0.29, 0.717) is 31.6 Å². The van der Waals surface area contributed by atoms with E-state index >= 15 is 0 Å². The molecule has 5 rings (SSSR count). The van der Waals surface area contributed by atoms with Crippen LogP contribution in [0.4, 0.5) is 0 Å².